The minimum Gasteiger partial charge on any atom is -0.396 e. The van der Waals surface area contributed by atoms with Crippen LogP contribution in [0.5, 0.6) is 0 Å². The van der Waals surface area contributed by atoms with E-state index in [9.17, 15) is 0 Å². The number of rotatable bonds is 1. The van der Waals surface area contributed by atoms with Crippen LogP contribution in [0, 0.1) is 11.3 Å². The average molecular weight is 218 g/mol. The molecule has 0 aromatic carbocycles. The summed E-state index contributed by atoms with van der Waals surface area (Å²) in [6.45, 7) is 4.22. The van der Waals surface area contributed by atoms with Gasteiger partial charge in [-0.25, -0.2) is 4.98 Å². The van der Waals surface area contributed by atoms with Gasteiger partial charge in [-0.05, 0) is 13.0 Å². The van der Waals surface area contributed by atoms with E-state index in [2.05, 4.69) is 16.8 Å². The summed E-state index contributed by atoms with van der Waals surface area (Å²) in [5.41, 5.74) is 6.93. The van der Waals surface area contributed by atoms with Gasteiger partial charge in [0.15, 0.2) is 5.82 Å². The maximum Gasteiger partial charge on any atom is 0.152 e. The first-order valence-electron chi connectivity index (χ1n) is 5.22. The number of nitrogens with zero attached hydrogens (tertiary/aromatic N) is 3. The first kappa shape index (κ1) is 10.7. The molecule has 5 heteroatoms. The molecule has 1 unspecified atom stereocenters. The predicted octanol–water partition coefficient (Wildman–Crippen LogP) is 0.761. The van der Waals surface area contributed by atoms with E-state index in [0.29, 0.717) is 24.5 Å². The second-order valence-corrected chi connectivity index (χ2v) is 3.87. The standard InChI is InChI=1S/C11H14N4O/c1-8-7-16-3-2-15(8)11-10(13)4-9(5-12)6-14-11/h4,6,8H,2-3,7,13H2,1H3. The fraction of sp³-hybridized carbons (Fsp3) is 0.455. The molecule has 1 aliphatic heterocycles. The van der Waals surface area contributed by atoms with E-state index in [-0.39, 0.29) is 6.04 Å². The Kier molecular flexibility index (Phi) is 2.93. The first-order chi connectivity index (χ1) is 7.72. The predicted molar refractivity (Wildman–Crippen MR) is 61.0 cm³/mol. The van der Waals surface area contributed by atoms with Crippen LogP contribution in [0.3, 0.4) is 0 Å². The van der Waals surface area contributed by atoms with Gasteiger partial charge in [-0.1, -0.05) is 0 Å². The van der Waals surface area contributed by atoms with Crippen molar-refractivity contribution in [1.29, 1.82) is 5.26 Å². The molecule has 16 heavy (non-hydrogen) atoms. The van der Waals surface area contributed by atoms with E-state index in [1.807, 2.05) is 6.07 Å². The SMILES string of the molecule is CC1COCCN1c1ncc(C#N)cc1N. The van der Waals surface area contributed by atoms with E-state index < -0.39 is 0 Å². The Balaban J connectivity index is 2.29. The highest BCUT2D eigenvalue weighted by Gasteiger charge is 2.21. The van der Waals surface area contributed by atoms with Gasteiger partial charge in [0.1, 0.15) is 6.07 Å². The minimum atomic E-state index is 0.261. The molecule has 0 radical (unpaired) electrons. The van der Waals surface area contributed by atoms with Gasteiger partial charge in [-0.3, -0.25) is 0 Å². The fourth-order valence-corrected chi connectivity index (χ4v) is 1.82. The van der Waals surface area contributed by atoms with Crippen molar-refractivity contribution < 1.29 is 4.74 Å². The number of ether oxygens (including phenoxy) is 1. The monoisotopic (exact) mass is 218 g/mol. The lowest BCUT2D eigenvalue weighted by Gasteiger charge is -2.34. The molecule has 2 heterocycles. The van der Waals surface area contributed by atoms with Crippen LogP contribution in [0.15, 0.2) is 12.3 Å². The van der Waals surface area contributed by atoms with Gasteiger partial charge in [-0.15, -0.1) is 0 Å². The van der Waals surface area contributed by atoms with Crippen LogP contribution in [-0.2, 0) is 4.74 Å². The Labute approximate surface area is 94.4 Å². The third kappa shape index (κ3) is 1.92. The van der Waals surface area contributed by atoms with E-state index in [0.717, 1.165) is 12.4 Å². The van der Waals surface area contributed by atoms with E-state index in [1.54, 1.807) is 12.3 Å². The molecule has 1 saturated heterocycles. The minimum absolute atomic E-state index is 0.261. The second kappa shape index (κ2) is 4.37. The number of morpholine rings is 1. The largest absolute Gasteiger partial charge is 0.396 e. The van der Waals surface area contributed by atoms with Crippen molar-refractivity contribution in [3.63, 3.8) is 0 Å². The molecule has 1 fully saturated rings. The summed E-state index contributed by atoms with van der Waals surface area (Å²) in [7, 11) is 0. The summed E-state index contributed by atoms with van der Waals surface area (Å²) >= 11 is 0. The van der Waals surface area contributed by atoms with Crippen LogP contribution < -0.4 is 10.6 Å². The number of nitrogen functional groups attached to an aromatic ring is 1. The molecule has 0 aliphatic carbocycles. The van der Waals surface area contributed by atoms with Gasteiger partial charge in [0, 0.05) is 12.7 Å². The molecule has 1 aromatic rings. The fourth-order valence-electron chi connectivity index (χ4n) is 1.82. The second-order valence-electron chi connectivity index (χ2n) is 3.87. The normalized spacial score (nSPS) is 20.5. The Bertz CT molecular complexity index is 426. The number of hydrogen-bond acceptors (Lipinski definition) is 5. The maximum absolute atomic E-state index is 8.74. The van der Waals surface area contributed by atoms with Gasteiger partial charge >= 0.3 is 0 Å². The molecule has 0 spiro atoms. The van der Waals surface area contributed by atoms with Crippen LogP contribution in [0.4, 0.5) is 11.5 Å². The van der Waals surface area contributed by atoms with Crippen molar-refractivity contribution in [2.45, 2.75) is 13.0 Å². The molecule has 1 aliphatic rings. The van der Waals surface area contributed by atoms with Crippen molar-refractivity contribution in [2.24, 2.45) is 0 Å². The number of nitriles is 1. The lowest BCUT2D eigenvalue weighted by Crippen LogP contribution is -2.44. The summed E-state index contributed by atoms with van der Waals surface area (Å²) < 4.78 is 5.36. The highest BCUT2D eigenvalue weighted by Crippen LogP contribution is 2.24. The third-order valence-corrected chi connectivity index (χ3v) is 2.66. The van der Waals surface area contributed by atoms with Crippen LogP contribution in [0.2, 0.25) is 0 Å². The van der Waals surface area contributed by atoms with Gasteiger partial charge in [0.25, 0.3) is 0 Å². The molecule has 1 atom stereocenters. The van der Waals surface area contributed by atoms with Gasteiger partial charge in [0.2, 0.25) is 0 Å². The molecular weight excluding hydrogens is 204 g/mol. The molecule has 0 amide bonds. The molecule has 84 valence electrons. The van der Waals surface area contributed by atoms with E-state index >= 15 is 0 Å². The smallest absolute Gasteiger partial charge is 0.152 e. The maximum atomic E-state index is 8.74. The highest BCUT2D eigenvalue weighted by molar-refractivity contribution is 5.65. The Morgan fingerprint density at radius 1 is 1.69 bits per heavy atom. The van der Waals surface area contributed by atoms with Crippen LogP contribution in [0.25, 0.3) is 0 Å². The van der Waals surface area contributed by atoms with Gasteiger partial charge in [-0.2, -0.15) is 5.26 Å². The van der Waals surface area contributed by atoms with Crippen molar-refractivity contribution in [2.75, 3.05) is 30.4 Å². The van der Waals surface area contributed by atoms with Gasteiger partial charge in [0.05, 0.1) is 30.5 Å². The quantitative estimate of drug-likeness (QED) is 0.753. The van der Waals surface area contributed by atoms with Crippen LogP contribution in [-0.4, -0.2) is 30.8 Å². The number of anilines is 2. The number of hydrogen-bond donors (Lipinski definition) is 1. The third-order valence-electron chi connectivity index (χ3n) is 2.66. The van der Waals surface area contributed by atoms with Crippen molar-refractivity contribution in [3.8, 4) is 6.07 Å². The lowest BCUT2D eigenvalue weighted by atomic mass is 10.2. The number of pyridine rings is 1. The summed E-state index contributed by atoms with van der Waals surface area (Å²) in [6.07, 6.45) is 1.55. The Morgan fingerprint density at radius 2 is 2.50 bits per heavy atom. The van der Waals surface area contributed by atoms with Crippen LogP contribution in [0.1, 0.15) is 12.5 Å². The van der Waals surface area contributed by atoms with E-state index in [1.165, 1.54) is 0 Å². The zero-order valence-corrected chi connectivity index (χ0v) is 9.18. The Morgan fingerprint density at radius 3 is 3.12 bits per heavy atom. The summed E-state index contributed by atoms with van der Waals surface area (Å²) in [5.74, 6) is 0.745. The highest BCUT2D eigenvalue weighted by atomic mass is 16.5. The molecule has 5 nitrogen and oxygen atoms in total. The first-order valence-corrected chi connectivity index (χ1v) is 5.22. The van der Waals surface area contributed by atoms with Crippen LogP contribution >= 0.6 is 0 Å². The number of aromatic nitrogens is 1. The zero-order chi connectivity index (χ0) is 11.5. The summed E-state index contributed by atoms with van der Waals surface area (Å²) in [6, 6.07) is 3.94. The zero-order valence-electron chi connectivity index (χ0n) is 9.18. The molecule has 0 saturated carbocycles. The molecule has 1 aromatic heterocycles. The van der Waals surface area contributed by atoms with Gasteiger partial charge < -0.3 is 15.4 Å². The molecule has 0 bridgehead atoms. The topological polar surface area (TPSA) is 75.2 Å². The molecular formula is C11H14N4O. The van der Waals surface area contributed by atoms with E-state index in [4.69, 9.17) is 15.7 Å². The summed E-state index contributed by atoms with van der Waals surface area (Å²) in [5, 5.41) is 8.74. The lowest BCUT2D eigenvalue weighted by molar-refractivity contribution is 0.0986. The number of nitrogens with two attached hydrogens (primary N) is 1. The van der Waals surface area contributed by atoms with Crippen molar-refractivity contribution in [1.82, 2.24) is 4.98 Å². The molecule has 2 rings (SSSR count). The molecule has 2 N–H and O–H groups in total. The summed E-state index contributed by atoms with van der Waals surface area (Å²) in [4.78, 5) is 6.36. The average Bonchev–Trinajstić information content (AvgIpc) is 2.30. The van der Waals surface area contributed by atoms with Crippen molar-refractivity contribution >= 4 is 11.5 Å². The Hall–Kier alpha value is -1.80. The van der Waals surface area contributed by atoms with Crippen molar-refractivity contribution in [3.05, 3.63) is 17.8 Å².